The summed E-state index contributed by atoms with van der Waals surface area (Å²) in [6.45, 7) is 3.39. The molecule has 0 unspecified atom stereocenters. The maximum atomic E-state index is 11.8. The number of rotatable bonds is 5. The summed E-state index contributed by atoms with van der Waals surface area (Å²) in [6.07, 6.45) is 1.02. The summed E-state index contributed by atoms with van der Waals surface area (Å²) in [5.74, 6) is 0. The van der Waals surface area contributed by atoms with Crippen molar-refractivity contribution in [1.29, 1.82) is 0 Å². The van der Waals surface area contributed by atoms with Crippen LogP contribution in [0.5, 0.6) is 0 Å². The number of nitrogens with one attached hydrogen (secondary N) is 1. The van der Waals surface area contributed by atoms with Crippen molar-refractivity contribution in [3.05, 3.63) is 54.5 Å². The van der Waals surface area contributed by atoms with Gasteiger partial charge in [-0.15, -0.1) is 11.3 Å². The van der Waals surface area contributed by atoms with Crippen molar-refractivity contribution in [1.82, 2.24) is 14.5 Å². The smallest absolute Gasteiger partial charge is 0.306 e. The van der Waals surface area contributed by atoms with E-state index in [0.717, 1.165) is 17.5 Å². The van der Waals surface area contributed by atoms with Gasteiger partial charge in [-0.05, 0) is 23.4 Å². The summed E-state index contributed by atoms with van der Waals surface area (Å²) in [4.78, 5) is 24.7. The van der Waals surface area contributed by atoms with Crippen LogP contribution >= 0.6 is 11.3 Å². The number of aromatic nitrogens is 2. The minimum Gasteiger partial charge on any atom is -0.306 e. The second-order valence-corrected chi connectivity index (χ2v) is 5.70. The van der Waals surface area contributed by atoms with Gasteiger partial charge in [0.1, 0.15) is 0 Å². The highest BCUT2D eigenvalue weighted by atomic mass is 32.1. The van der Waals surface area contributed by atoms with E-state index in [0.29, 0.717) is 12.2 Å². The third-order valence-electron chi connectivity index (χ3n) is 3.44. The van der Waals surface area contributed by atoms with Crippen LogP contribution < -0.4 is 16.6 Å². The Bertz CT molecular complexity index is 712. The van der Waals surface area contributed by atoms with Crippen molar-refractivity contribution in [3.8, 4) is 0 Å². The van der Waals surface area contributed by atoms with E-state index in [1.54, 1.807) is 18.4 Å². The Balaban J connectivity index is 2.09. The molecule has 0 radical (unpaired) electrons. The molecule has 20 heavy (non-hydrogen) atoms. The molecule has 2 rings (SSSR count). The SMILES string of the molecule is CCc1ccsc1CNCc1cc(=O)n(C)c(=O)n1C. The van der Waals surface area contributed by atoms with E-state index < -0.39 is 0 Å². The van der Waals surface area contributed by atoms with Gasteiger partial charge in [0, 0.05) is 43.8 Å². The van der Waals surface area contributed by atoms with Crippen LogP contribution in [0.4, 0.5) is 0 Å². The molecule has 2 heterocycles. The summed E-state index contributed by atoms with van der Waals surface area (Å²) < 4.78 is 2.61. The molecule has 0 fully saturated rings. The van der Waals surface area contributed by atoms with Crippen LogP contribution in [0.1, 0.15) is 23.1 Å². The number of aryl methyl sites for hydroxylation is 1. The fraction of sp³-hybridized carbons (Fsp3) is 0.429. The van der Waals surface area contributed by atoms with Crippen molar-refractivity contribution in [2.75, 3.05) is 0 Å². The van der Waals surface area contributed by atoms with Crippen LogP contribution in [-0.4, -0.2) is 9.13 Å². The number of hydrogen-bond acceptors (Lipinski definition) is 4. The van der Waals surface area contributed by atoms with Crippen LogP contribution in [0.25, 0.3) is 0 Å². The third-order valence-corrected chi connectivity index (χ3v) is 4.40. The molecule has 2 aromatic rings. The molecule has 0 aliphatic heterocycles. The molecule has 0 amide bonds. The summed E-state index contributed by atoms with van der Waals surface area (Å²) in [5.41, 5.74) is 1.49. The first-order valence-electron chi connectivity index (χ1n) is 6.56. The molecule has 1 N–H and O–H groups in total. The van der Waals surface area contributed by atoms with Gasteiger partial charge in [-0.25, -0.2) is 4.79 Å². The van der Waals surface area contributed by atoms with Gasteiger partial charge < -0.3 is 5.32 Å². The van der Waals surface area contributed by atoms with Crippen LogP contribution in [0.2, 0.25) is 0 Å². The molecule has 2 aromatic heterocycles. The molecule has 5 nitrogen and oxygen atoms in total. The van der Waals surface area contributed by atoms with E-state index in [2.05, 4.69) is 23.7 Å². The average molecular weight is 293 g/mol. The van der Waals surface area contributed by atoms with Gasteiger partial charge in [0.2, 0.25) is 0 Å². The minimum absolute atomic E-state index is 0.268. The second kappa shape index (κ2) is 6.19. The molecule has 108 valence electrons. The maximum Gasteiger partial charge on any atom is 0.330 e. The first kappa shape index (κ1) is 14.7. The fourth-order valence-corrected chi connectivity index (χ4v) is 3.03. The van der Waals surface area contributed by atoms with Crippen molar-refractivity contribution >= 4 is 11.3 Å². The van der Waals surface area contributed by atoms with Gasteiger partial charge in [-0.1, -0.05) is 6.92 Å². The summed E-state index contributed by atoms with van der Waals surface area (Å²) in [5, 5.41) is 5.38. The predicted octanol–water partition coefficient (Wildman–Crippen LogP) is 0.998. The number of thiophene rings is 1. The zero-order chi connectivity index (χ0) is 14.7. The molecular formula is C14H19N3O2S. The summed E-state index contributed by atoms with van der Waals surface area (Å²) >= 11 is 1.73. The van der Waals surface area contributed by atoms with Gasteiger partial charge in [0.15, 0.2) is 0 Å². The lowest BCUT2D eigenvalue weighted by atomic mass is 10.2. The van der Waals surface area contributed by atoms with Crippen LogP contribution in [0.3, 0.4) is 0 Å². The molecule has 0 saturated heterocycles. The van der Waals surface area contributed by atoms with Crippen LogP contribution in [0, 0.1) is 0 Å². The molecule has 6 heteroatoms. The van der Waals surface area contributed by atoms with Crippen LogP contribution in [0.15, 0.2) is 27.1 Å². The third kappa shape index (κ3) is 2.91. The monoisotopic (exact) mass is 293 g/mol. The summed E-state index contributed by atoms with van der Waals surface area (Å²) in [7, 11) is 3.17. The molecule has 0 aliphatic carbocycles. The minimum atomic E-state index is -0.292. The average Bonchev–Trinajstić information content (AvgIpc) is 2.89. The Labute approximate surface area is 121 Å². The van der Waals surface area contributed by atoms with Crippen molar-refractivity contribution in [2.24, 2.45) is 14.1 Å². The Hall–Kier alpha value is -1.66. The van der Waals surface area contributed by atoms with Gasteiger partial charge in [0.05, 0.1) is 0 Å². The standard InChI is InChI=1S/C14H19N3O2S/c1-4-10-5-6-20-12(10)9-15-8-11-7-13(18)17(3)14(19)16(11)2/h5-7,15H,4,8-9H2,1-3H3. The first-order chi connectivity index (χ1) is 9.54. The molecule has 0 aromatic carbocycles. The maximum absolute atomic E-state index is 11.8. The number of nitrogens with zero attached hydrogens (tertiary/aromatic N) is 2. The van der Waals surface area contributed by atoms with E-state index in [9.17, 15) is 9.59 Å². The largest absolute Gasteiger partial charge is 0.330 e. The molecule has 0 aliphatic rings. The topological polar surface area (TPSA) is 56.0 Å². The first-order valence-corrected chi connectivity index (χ1v) is 7.44. The lowest BCUT2D eigenvalue weighted by Gasteiger charge is -2.10. The zero-order valence-corrected chi connectivity index (χ0v) is 12.8. The van der Waals surface area contributed by atoms with Crippen molar-refractivity contribution < 1.29 is 0 Å². The van der Waals surface area contributed by atoms with E-state index >= 15 is 0 Å². The van der Waals surface area contributed by atoms with E-state index in [4.69, 9.17) is 0 Å². The highest BCUT2D eigenvalue weighted by Crippen LogP contribution is 2.16. The van der Waals surface area contributed by atoms with E-state index in [1.807, 2.05) is 0 Å². The van der Waals surface area contributed by atoms with Crippen molar-refractivity contribution in [2.45, 2.75) is 26.4 Å². The highest BCUT2D eigenvalue weighted by molar-refractivity contribution is 7.10. The molecule has 0 spiro atoms. The Morgan fingerprint density at radius 3 is 2.65 bits per heavy atom. The quantitative estimate of drug-likeness (QED) is 0.895. The number of hydrogen-bond donors (Lipinski definition) is 1. The lowest BCUT2D eigenvalue weighted by Crippen LogP contribution is -2.38. The Morgan fingerprint density at radius 1 is 1.20 bits per heavy atom. The Morgan fingerprint density at radius 2 is 1.95 bits per heavy atom. The fourth-order valence-electron chi connectivity index (χ4n) is 2.09. The van der Waals surface area contributed by atoms with Gasteiger partial charge in [-0.3, -0.25) is 13.9 Å². The molecular weight excluding hydrogens is 274 g/mol. The molecule has 0 atom stereocenters. The molecule has 0 saturated carbocycles. The molecule has 0 bridgehead atoms. The second-order valence-electron chi connectivity index (χ2n) is 4.70. The van der Waals surface area contributed by atoms with E-state index in [-0.39, 0.29) is 11.2 Å². The van der Waals surface area contributed by atoms with Crippen molar-refractivity contribution in [3.63, 3.8) is 0 Å². The summed E-state index contributed by atoms with van der Waals surface area (Å²) in [6, 6.07) is 3.64. The van der Waals surface area contributed by atoms with Gasteiger partial charge in [0.25, 0.3) is 5.56 Å². The van der Waals surface area contributed by atoms with Gasteiger partial charge in [-0.2, -0.15) is 0 Å². The zero-order valence-electron chi connectivity index (χ0n) is 12.0. The Kier molecular flexibility index (Phi) is 4.57. The van der Waals surface area contributed by atoms with Crippen LogP contribution in [-0.2, 0) is 33.6 Å². The highest BCUT2D eigenvalue weighted by Gasteiger charge is 2.06. The predicted molar refractivity (Wildman–Crippen MR) is 81.2 cm³/mol. The normalized spacial score (nSPS) is 10.9. The lowest BCUT2D eigenvalue weighted by molar-refractivity contribution is 0.602. The van der Waals surface area contributed by atoms with E-state index in [1.165, 1.54) is 28.1 Å². The van der Waals surface area contributed by atoms with Gasteiger partial charge >= 0.3 is 5.69 Å².